The van der Waals surface area contributed by atoms with Crippen molar-refractivity contribution in [2.24, 2.45) is 5.73 Å². The molecule has 0 unspecified atom stereocenters. The SMILES string of the molecule is COc1nc(C(N)=O)c(S(=O)(=O)C2CC2)cc1[N+](=O)[O-]. The highest BCUT2D eigenvalue weighted by molar-refractivity contribution is 7.92. The topological polar surface area (TPSA) is 142 Å². The predicted octanol–water partition coefficient (Wildman–Crippen LogP) is 0.0334. The fraction of sp³-hybridized carbons (Fsp3) is 0.400. The van der Waals surface area contributed by atoms with Gasteiger partial charge in [0.2, 0.25) is 0 Å². The van der Waals surface area contributed by atoms with Crippen LogP contribution in [-0.4, -0.2) is 36.6 Å². The van der Waals surface area contributed by atoms with Crippen LogP contribution in [0.2, 0.25) is 0 Å². The number of ether oxygens (including phenoxy) is 1. The summed E-state index contributed by atoms with van der Waals surface area (Å²) in [6.45, 7) is 0. The van der Waals surface area contributed by atoms with Crippen LogP contribution in [-0.2, 0) is 9.84 Å². The van der Waals surface area contributed by atoms with E-state index >= 15 is 0 Å². The minimum atomic E-state index is -3.85. The molecule has 1 fully saturated rings. The third-order valence-corrected chi connectivity index (χ3v) is 5.10. The van der Waals surface area contributed by atoms with Gasteiger partial charge >= 0.3 is 5.69 Å². The van der Waals surface area contributed by atoms with Gasteiger partial charge in [-0.15, -0.1) is 0 Å². The lowest BCUT2D eigenvalue weighted by molar-refractivity contribution is -0.386. The summed E-state index contributed by atoms with van der Waals surface area (Å²) >= 11 is 0. The van der Waals surface area contributed by atoms with Crippen molar-refractivity contribution in [3.63, 3.8) is 0 Å². The molecule has 0 bridgehead atoms. The summed E-state index contributed by atoms with van der Waals surface area (Å²) in [6, 6.07) is 0.777. The number of amides is 1. The van der Waals surface area contributed by atoms with Crippen molar-refractivity contribution in [2.45, 2.75) is 23.0 Å². The molecule has 1 aromatic heterocycles. The summed E-state index contributed by atoms with van der Waals surface area (Å²) < 4.78 is 29.1. The molecule has 0 saturated heterocycles. The van der Waals surface area contributed by atoms with E-state index in [1.54, 1.807) is 0 Å². The Labute approximate surface area is 113 Å². The summed E-state index contributed by atoms with van der Waals surface area (Å²) in [4.78, 5) is 24.5. The number of hydrogen-bond acceptors (Lipinski definition) is 7. The molecular weight excluding hydrogens is 290 g/mol. The van der Waals surface area contributed by atoms with Gasteiger partial charge < -0.3 is 10.5 Å². The summed E-state index contributed by atoms with van der Waals surface area (Å²) in [5.74, 6) is -1.55. The third-order valence-electron chi connectivity index (χ3n) is 2.83. The van der Waals surface area contributed by atoms with Crippen molar-refractivity contribution in [3.05, 3.63) is 21.9 Å². The summed E-state index contributed by atoms with van der Waals surface area (Å²) in [5.41, 5.74) is 3.92. The van der Waals surface area contributed by atoms with Crippen LogP contribution in [0.4, 0.5) is 5.69 Å². The number of aromatic nitrogens is 1. The van der Waals surface area contributed by atoms with Crippen LogP contribution in [0.25, 0.3) is 0 Å². The van der Waals surface area contributed by atoms with Crippen LogP contribution >= 0.6 is 0 Å². The Hall–Kier alpha value is -2.23. The van der Waals surface area contributed by atoms with E-state index in [0.717, 1.165) is 13.2 Å². The highest BCUT2D eigenvalue weighted by Gasteiger charge is 2.41. The van der Waals surface area contributed by atoms with E-state index in [9.17, 15) is 23.3 Å². The number of hydrogen-bond donors (Lipinski definition) is 1. The zero-order valence-corrected chi connectivity index (χ0v) is 11.2. The number of pyridine rings is 1. The average molecular weight is 301 g/mol. The molecule has 0 aliphatic heterocycles. The van der Waals surface area contributed by atoms with Gasteiger partial charge in [0.05, 0.1) is 17.3 Å². The van der Waals surface area contributed by atoms with Crippen LogP contribution in [0.15, 0.2) is 11.0 Å². The van der Waals surface area contributed by atoms with Crippen LogP contribution < -0.4 is 10.5 Å². The molecule has 1 aromatic rings. The second-order valence-corrected chi connectivity index (χ2v) is 6.43. The molecular formula is C10H11N3O6S. The summed E-state index contributed by atoms with van der Waals surface area (Å²) in [6.07, 6.45) is 0.890. The van der Waals surface area contributed by atoms with Crippen molar-refractivity contribution in [3.8, 4) is 5.88 Å². The molecule has 0 spiro atoms. The van der Waals surface area contributed by atoms with Crippen molar-refractivity contribution in [1.82, 2.24) is 4.98 Å². The molecule has 108 valence electrons. The number of rotatable bonds is 5. The lowest BCUT2D eigenvalue weighted by Gasteiger charge is -2.09. The maximum atomic E-state index is 12.2. The standard InChI is InChI=1S/C10H11N3O6S/c1-19-10-6(13(15)16)4-7(8(12-10)9(11)14)20(17,18)5-2-3-5/h4-5H,2-3H2,1H3,(H2,11,14). The van der Waals surface area contributed by atoms with E-state index in [4.69, 9.17) is 5.73 Å². The lowest BCUT2D eigenvalue weighted by atomic mass is 10.3. The molecule has 2 rings (SSSR count). The fourth-order valence-corrected chi connectivity index (χ4v) is 3.51. The van der Waals surface area contributed by atoms with Crippen molar-refractivity contribution >= 4 is 21.4 Å². The largest absolute Gasteiger partial charge is 0.476 e. The molecule has 10 heteroatoms. The first-order valence-electron chi connectivity index (χ1n) is 5.56. The van der Waals surface area contributed by atoms with Crippen molar-refractivity contribution in [2.75, 3.05) is 7.11 Å². The predicted molar refractivity (Wildman–Crippen MR) is 66.2 cm³/mol. The number of sulfone groups is 1. The molecule has 1 aliphatic rings. The number of carbonyl (C=O) groups excluding carboxylic acids is 1. The fourth-order valence-electron chi connectivity index (χ4n) is 1.70. The maximum absolute atomic E-state index is 12.2. The minimum absolute atomic E-state index is 0.445. The average Bonchev–Trinajstić information content (AvgIpc) is 3.21. The molecule has 1 heterocycles. The number of nitro groups is 1. The second kappa shape index (κ2) is 4.71. The highest BCUT2D eigenvalue weighted by atomic mass is 32.2. The highest BCUT2D eigenvalue weighted by Crippen LogP contribution is 2.37. The van der Waals surface area contributed by atoms with Crippen molar-refractivity contribution in [1.29, 1.82) is 0 Å². The molecule has 9 nitrogen and oxygen atoms in total. The van der Waals surface area contributed by atoms with E-state index in [-0.39, 0.29) is 0 Å². The quantitative estimate of drug-likeness (QED) is 0.597. The Kier molecular flexibility index (Phi) is 3.34. The Bertz CT molecular complexity index is 695. The van der Waals surface area contributed by atoms with Gasteiger partial charge in [-0.05, 0) is 12.8 Å². The third kappa shape index (κ3) is 2.29. The molecule has 2 N–H and O–H groups in total. The smallest absolute Gasteiger partial charge is 0.332 e. The van der Waals surface area contributed by atoms with Gasteiger partial charge in [-0.1, -0.05) is 0 Å². The van der Waals surface area contributed by atoms with E-state index in [1.165, 1.54) is 0 Å². The molecule has 1 aliphatic carbocycles. The van der Waals surface area contributed by atoms with Crippen LogP contribution in [0.1, 0.15) is 23.3 Å². The number of primary amides is 1. The van der Waals surface area contributed by atoms with Crippen LogP contribution in [0, 0.1) is 10.1 Å². The summed E-state index contributed by atoms with van der Waals surface area (Å²) in [7, 11) is -2.73. The normalized spacial score (nSPS) is 14.8. The van der Waals surface area contributed by atoms with Gasteiger partial charge in [0, 0.05) is 6.07 Å². The van der Waals surface area contributed by atoms with E-state index in [1.807, 2.05) is 0 Å². The Morgan fingerprint density at radius 1 is 1.55 bits per heavy atom. The van der Waals surface area contributed by atoms with E-state index in [0.29, 0.717) is 12.8 Å². The molecule has 20 heavy (non-hydrogen) atoms. The van der Waals surface area contributed by atoms with Gasteiger partial charge in [0.25, 0.3) is 11.8 Å². The molecule has 1 amide bonds. The second-order valence-electron chi connectivity index (χ2n) is 4.23. The van der Waals surface area contributed by atoms with E-state index < -0.39 is 48.1 Å². The summed E-state index contributed by atoms with van der Waals surface area (Å²) in [5, 5.41) is 10.3. The zero-order chi connectivity index (χ0) is 15.1. The monoisotopic (exact) mass is 301 g/mol. The molecule has 0 aromatic carbocycles. The van der Waals surface area contributed by atoms with Crippen molar-refractivity contribution < 1.29 is 22.9 Å². The van der Waals surface area contributed by atoms with Gasteiger partial charge in [0.1, 0.15) is 4.90 Å². The number of nitrogens with zero attached hydrogens (tertiary/aromatic N) is 2. The van der Waals surface area contributed by atoms with E-state index in [2.05, 4.69) is 9.72 Å². The van der Waals surface area contributed by atoms with Gasteiger partial charge in [-0.25, -0.2) is 13.4 Å². The minimum Gasteiger partial charge on any atom is -0.476 e. The van der Waals surface area contributed by atoms with Gasteiger partial charge in [-0.2, -0.15) is 0 Å². The van der Waals surface area contributed by atoms with Crippen LogP contribution in [0.5, 0.6) is 5.88 Å². The Balaban J connectivity index is 2.74. The van der Waals surface area contributed by atoms with Gasteiger partial charge in [-0.3, -0.25) is 14.9 Å². The Morgan fingerprint density at radius 2 is 2.15 bits per heavy atom. The number of nitrogens with two attached hydrogens (primary N) is 1. The number of carbonyl (C=O) groups is 1. The first-order chi connectivity index (χ1) is 9.28. The van der Waals surface area contributed by atoms with Gasteiger partial charge in [0.15, 0.2) is 15.5 Å². The lowest BCUT2D eigenvalue weighted by Crippen LogP contribution is -2.21. The molecule has 1 saturated carbocycles. The zero-order valence-electron chi connectivity index (χ0n) is 10.4. The first-order valence-corrected chi connectivity index (χ1v) is 7.10. The first kappa shape index (κ1) is 14.2. The van der Waals surface area contributed by atoms with Crippen LogP contribution in [0.3, 0.4) is 0 Å². The molecule has 0 atom stereocenters. The number of methoxy groups -OCH3 is 1. The Morgan fingerprint density at radius 3 is 2.55 bits per heavy atom. The maximum Gasteiger partial charge on any atom is 0.332 e. The molecule has 0 radical (unpaired) electrons.